The van der Waals surface area contributed by atoms with Crippen molar-refractivity contribution in [1.29, 1.82) is 0 Å². The Balaban J connectivity index is 2.27. The Bertz CT molecular complexity index is 527. The third kappa shape index (κ3) is 2.42. The van der Waals surface area contributed by atoms with E-state index in [9.17, 15) is 23.8 Å². The fourth-order valence-electron chi connectivity index (χ4n) is 1.67. The third-order valence-electron chi connectivity index (χ3n) is 2.65. The van der Waals surface area contributed by atoms with Crippen molar-refractivity contribution in [3.05, 3.63) is 22.5 Å². The van der Waals surface area contributed by atoms with Crippen molar-refractivity contribution in [3.8, 4) is 0 Å². The highest BCUT2D eigenvalue weighted by Crippen LogP contribution is 2.33. The number of aromatic nitrogens is 2. The fraction of sp³-hybridized carbons (Fsp3) is 0.556. The first-order valence-electron chi connectivity index (χ1n) is 5.24. The number of ether oxygens (including phenoxy) is 1. The highest BCUT2D eigenvalue weighted by atomic mass is 19.2. The summed E-state index contributed by atoms with van der Waals surface area (Å²) in [4.78, 5) is 15.8. The molecule has 1 aromatic rings. The molecule has 0 aliphatic carbocycles. The molecule has 0 saturated carbocycles. The summed E-state index contributed by atoms with van der Waals surface area (Å²) in [5, 5.41) is 29.5. The molecule has 4 atom stereocenters. The molecule has 2 heterocycles. The summed E-state index contributed by atoms with van der Waals surface area (Å²) in [7, 11) is 0. The summed E-state index contributed by atoms with van der Waals surface area (Å²) in [6.45, 7) is -0.749. The average molecular weight is 279 g/mol. The van der Waals surface area contributed by atoms with E-state index >= 15 is 0 Å². The van der Waals surface area contributed by atoms with Crippen LogP contribution in [0.5, 0.6) is 0 Å². The monoisotopic (exact) mass is 279 g/mol. The number of alkyl halides is 1. The lowest BCUT2D eigenvalue weighted by atomic mass is 10.1. The Labute approximate surface area is 104 Å². The second kappa shape index (κ2) is 4.81. The number of halogens is 2. The SMILES string of the molecule is O=c1ncc(F)c(NC2(F)O[C@H](CO)[C@@H](O)[C@@H]2O)[nH]1. The maximum absolute atomic E-state index is 14.2. The van der Waals surface area contributed by atoms with Crippen LogP contribution in [-0.4, -0.2) is 56.2 Å². The van der Waals surface area contributed by atoms with Crippen molar-refractivity contribution >= 4 is 5.82 Å². The van der Waals surface area contributed by atoms with E-state index in [-0.39, 0.29) is 0 Å². The quantitative estimate of drug-likeness (QED) is 0.407. The topological polar surface area (TPSA) is 128 Å². The van der Waals surface area contributed by atoms with Crippen molar-refractivity contribution < 1.29 is 28.8 Å². The van der Waals surface area contributed by atoms with Crippen molar-refractivity contribution in [1.82, 2.24) is 9.97 Å². The molecular weight excluding hydrogens is 268 g/mol. The number of aromatic amines is 1. The molecule has 1 aliphatic heterocycles. The highest BCUT2D eigenvalue weighted by Gasteiger charge is 2.55. The fourth-order valence-corrected chi connectivity index (χ4v) is 1.67. The zero-order valence-corrected chi connectivity index (χ0v) is 9.38. The van der Waals surface area contributed by atoms with E-state index in [1.54, 1.807) is 5.32 Å². The van der Waals surface area contributed by atoms with Crippen LogP contribution >= 0.6 is 0 Å². The smallest absolute Gasteiger partial charge is 0.346 e. The molecule has 1 aliphatic rings. The van der Waals surface area contributed by atoms with Gasteiger partial charge in [-0.05, 0) is 0 Å². The van der Waals surface area contributed by atoms with Gasteiger partial charge in [-0.25, -0.2) is 9.18 Å². The van der Waals surface area contributed by atoms with Crippen LogP contribution < -0.4 is 11.0 Å². The molecule has 1 saturated heterocycles. The number of aliphatic hydroxyl groups excluding tert-OH is 3. The van der Waals surface area contributed by atoms with E-state index in [0.29, 0.717) is 6.20 Å². The van der Waals surface area contributed by atoms with E-state index in [0.717, 1.165) is 0 Å². The Morgan fingerprint density at radius 2 is 2.26 bits per heavy atom. The molecule has 5 N–H and O–H groups in total. The van der Waals surface area contributed by atoms with Gasteiger partial charge < -0.3 is 25.4 Å². The van der Waals surface area contributed by atoms with Gasteiger partial charge in [-0.15, -0.1) is 0 Å². The van der Waals surface area contributed by atoms with Crippen LogP contribution in [0.4, 0.5) is 14.6 Å². The average Bonchev–Trinajstić information content (AvgIpc) is 2.58. The van der Waals surface area contributed by atoms with Gasteiger partial charge in [0.2, 0.25) is 0 Å². The highest BCUT2D eigenvalue weighted by molar-refractivity contribution is 5.36. The van der Waals surface area contributed by atoms with Gasteiger partial charge in [-0.2, -0.15) is 9.37 Å². The minimum Gasteiger partial charge on any atom is -0.394 e. The van der Waals surface area contributed by atoms with E-state index in [1.165, 1.54) is 0 Å². The zero-order chi connectivity index (χ0) is 14.2. The van der Waals surface area contributed by atoms with Crippen LogP contribution in [0, 0.1) is 5.82 Å². The predicted octanol–water partition coefficient (Wildman–Crippen LogP) is -1.94. The van der Waals surface area contributed by atoms with Gasteiger partial charge >= 0.3 is 11.7 Å². The number of hydrogen-bond donors (Lipinski definition) is 5. The molecule has 1 aromatic heterocycles. The normalized spacial score (nSPS) is 34.5. The molecule has 106 valence electrons. The first-order chi connectivity index (χ1) is 8.87. The molecule has 0 spiro atoms. The van der Waals surface area contributed by atoms with Crippen molar-refractivity contribution in [2.45, 2.75) is 24.3 Å². The molecule has 0 amide bonds. The lowest BCUT2D eigenvalue weighted by Gasteiger charge is -2.24. The van der Waals surface area contributed by atoms with Gasteiger partial charge in [0.1, 0.15) is 18.0 Å². The largest absolute Gasteiger partial charge is 0.394 e. The Morgan fingerprint density at radius 3 is 2.84 bits per heavy atom. The summed E-state index contributed by atoms with van der Waals surface area (Å²) in [5.41, 5.74) is -0.945. The number of hydrogen-bond acceptors (Lipinski definition) is 7. The first-order valence-corrected chi connectivity index (χ1v) is 5.24. The molecule has 1 fully saturated rings. The van der Waals surface area contributed by atoms with Crippen LogP contribution in [0.3, 0.4) is 0 Å². The van der Waals surface area contributed by atoms with Gasteiger partial charge in [-0.1, -0.05) is 0 Å². The Hall–Kier alpha value is -1.62. The summed E-state index contributed by atoms with van der Waals surface area (Å²) in [5.74, 6) is -4.85. The number of H-pyrrole nitrogens is 1. The molecule has 0 bridgehead atoms. The van der Waals surface area contributed by atoms with Crippen LogP contribution in [0.25, 0.3) is 0 Å². The lowest BCUT2D eigenvalue weighted by molar-refractivity contribution is -0.158. The van der Waals surface area contributed by atoms with Gasteiger partial charge in [0, 0.05) is 0 Å². The van der Waals surface area contributed by atoms with E-state index in [2.05, 4.69) is 9.72 Å². The summed E-state index contributed by atoms with van der Waals surface area (Å²) >= 11 is 0. The molecule has 8 nitrogen and oxygen atoms in total. The number of aliphatic hydroxyl groups is 3. The maximum Gasteiger partial charge on any atom is 0.346 e. The van der Waals surface area contributed by atoms with Crippen LogP contribution in [0.2, 0.25) is 0 Å². The molecule has 1 unspecified atom stereocenters. The molecule has 0 aromatic carbocycles. The van der Waals surface area contributed by atoms with Gasteiger partial charge in [0.15, 0.2) is 11.9 Å². The maximum atomic E-state index is 14.2. The lowest BCUT2D eigenvalue weighted by Crippen LogP contribution is -2.46. The molecule has 10 heteroatoms. The van der Waals surface area contributed by atoms with Crippen LogP contribution in [0.1, 0.15) is 0 Å². The third-order valence-corrected chi connectivity index (χ3v) is 2.65. The van der Waals surface area contributed by atoms with Crippen LogP contribution in [-0.2, 0) is 4.74 Å². The predicted molar refractivity (Wildman–Crippen MR) is 56.2 cm³/mol. The van der Waals surface area contributed by atoms with Crippen LogP contribution in [0.15, 0.2) is 11.0 Å². The molecule has 2 rings (SSSR count). The summed E-state index contributed by atoms with van der Waals surface area (Å²) in [6, 6.07) is 0. The Morgan fingerprint density at radius 1 is 1.58 bits per heavy atom. The van der Waals surface area contributed by atoms with Gasteiger partial charge in [0.25, 0.3) is 0 Å². The Kier molecular flexibility index (Phi) is 3.49. The van der Waals surface area contributed by atoms with Crippen molar-refractivity contribution in [2.24, 2.45) is 0 Å². The van der Waals surface area contributed by atoms with E-state index < -0.39 is 48.2 Å². The second-order valence-electron chi connectivity index (χ2n) is 3.96. The number of anilines is 1. The molecular formula is C9H11F2N3O5. The molecule has 19 heavy (non-hydrogen) atoms. The number of nitrogens with zero attached hydrogens (tertiary/aromatic N) is 1. The summed E-state index contributed by atoms with van der Waals surface area (Å²) < 4.78 is 32.1. The zero-order valence-electron chi connectivity index (χ0n) is 9.38. The van der Waals surface area contributed by atoms with Crippen molar-refractivity contribution in [3.63, 3.8) is 0 Å². The minimum absolute atomic E-state index is 0.547. The number of rotatable bonds is 3. The van der Waals surface area contributed by atoms with Gasteiger partial charge in [-0.3, -0.25) is 4.98 Å². The van der Waals surface area contributed by atoms with Gasteiger partial charge in [0.05, 0.1) is 12.8 Å². The first kappa shape index (κ1) is 13.8. The van der Waals surface area contributed by atoms with E-state index in [4.69, 9.17) is 5.11 Å². The second-order valence-corrected chi connectivity index (χ2v) is 3.96. The standard InChI is InChI=1S/C9H11F2N3O5/c10-3-1-12-8(18)13-7(3)14-9(11)6(17)5(16)4(2-15)19-9/h1,4-6,15-17H,2H2,(H2,12,13,14,18)/t4-,5-,6+,9?/m1/s1. The molecule has 0 radical (unpaired) electrons. The van der Waals surface area contributed by atoms with Crippen molar-refractivity contribution in [2.75, 3.05) is 11.9 Å². The minimum atomic E-state index is -3.06. The summed E-state index contributed by atoms with van der Waals surface area (Å²) in [6.07, 6.45) is -4.63. The van der Waals surface area contributed by atoms with E-state index in [1.807, 2.05) is 4.98 Å². The number of nitrogens with one attached hydrogen (secondary N) is 2.